The van der Waals surface area contributed by atoms with Gasteiger partial charge in [0, 0.05) is 19.3 Å². The highest BCUT2D eigenvalue weighted by atomic mass is 32.2. The summed E-state index contributed by atoms with van der Waals surface area (Å²) in [5, 5.41) is 0. The molecule has 0 bridgehead atoms. The Kier molecular flexibility index (Phi) is 4.42. The summed E-state index contributed by atoms with van der Waals surface area (Å²) in [5.41, 5.74) is 1.14. The average molecular weight is 284 g/mol. The Morgan fingerprint density at radius 2 is 2.05 bits per heavy atom. The Morgan fingerprint density at radius 3 is 2.63 bits per heavy atom. The van der Waals surface area contributed by atoms with Crippen LogP contribution in [0.3, 0.4) is 0 Å². The third-order valence-corrected chi connectivity index (χ3v) is 4.65. The molecule has 1 fully saturated rings. The van der Waals surface area contributed by atoms with Crippen LogP contribution in [0.15, 0.2) is 18.5 Å². The van der Waals surface area contributed by atoms with E-state index in [2.05, 4.69) is 11.9 Å². The van der Waals surface area contributed by atoms with Crippen LogP contribution in [0.4, 0.5) is 0 Å². The number of aromatic nitrogens is 1. The molecular weight excluding hydrogens is 264 g/mol. The third-order valence-electron chi connectivity index (χ3n) is 3.35. The highest BCUT2D eigenvalue weighted by Gasteiger charge is 2.25. The molecule has 0 radical (unpaired) electrons. The molecule has 19 heavy (non-hydrogen) atoms. The van der Waals surface area contributed by atoms with Crippen molar-refractivity contribution in [1.29, 1.82) is 0 Å². The molecule has 0 saturated carbocycles. The molecule has 2 heterocycles. The second kappa shape index (κ2) is 5.88. The number of piperidine rings is 1. The summed E-state index contributed by atoms with van der Waals surface area (Å²) in [6, 6.07) is 2.00. The molecule has 1 saturated heterocycles. The number of nitrogens with zero attached hydrogens (tertiary/aromatic N) is 2. The van der Waals surface area contributed by atoms with E-state index in [1.807, 2.05) is 12.3 Å². The molecule has 1 aliphatic rings. The van der Waals surface area contributed by atoms with Crippen molar-refractivity contribution in [2.24, 2.45) is 0 Å². The van der Waals surface area contributed by atoms with Gasteiger partial charge in [-0.15, -0.1) is 0 Å². The van der Waals surface area contributed by atoms with Gasteiger partial charge >= 0.3 is 0 Å². The lowest BCUT2D eigenvalue weighted by atomic mass is 10.1. The normalized spacial score (nSPS) is 18.4. The Morgan fingerprint density at radius 1 is 1.37 bits per heavy atom. The van der Waals surface area contributed by atoms with E-state index in [0.29, 0.717) is 13.1 Å². The Labute approximate surface area is 114 Å². The first-order valence-corrected chi connectivity index (χ1v) is 8.39. The van der Waals surface area contributed by atoms with Crippen molar-refractivity contribution in [2.75, 3.05) is 19.3 Å². The number of pyridine rings is 1. The molecule has 1 aromatic rings. The van der Waals surface area contributed by atoms with E-state index in [-0.39, 0.29) is 6.10 Å². The minimum absolute atomic E-state index is 0.0758. The molecule has 5 nitrogen and oxygen atoms in total. The topological polar surface area (TPSA) is 59.5 Å². The first-order valence-electron chi connectivity index (χ1n) is 6.54. The van der Waals surface area contributed by atoms with Crippen molar-refractivity contribution in [1.82, 2.24) is 9.29 Å². The van der Waals surface area contributed by atoms with Crippen molar-refractivity contribution in [3.8, 4) is 5.75 Å². The largest absolute Gasteiger partial charge is 0.489 e. The number of hydrogen-bond acceptors (Lipinski definition) is 4. The predicted molar refractivity (Wildman–Crippen MR) is 73.7 cm³/mol. The molecule has 2 rings (SSSR count). The monoisotopic (exact) mass is 284 g/mol. The zero-order chi connectivity index (χ0) is 13.9. The fourth-order valence-corrected chi connectivity index (χ4v) is 3.07. The molecule has 0 amide bonds. The molecule has 0 N–H and O–H groups in total. The van der Waals surface area contributed by atoms with E-state index < -0.39 is 10.0 Å². The van der Waals surface area contributed by atoms with E-state index in [9.17, 15) is 8.42 Å². The van der Waals surface area contributed by atoms with Crippen molar-refractivity contribution >= 4 is 10.0 Å². The van der Waals surface area contributed by atoms with Crippen LogP contribution < -0.4 is 4.74 Å². The van der Waals surface area contributed by atoms with Crippen molar-refractivity contribution in [2.45, 2.75) is 32.3 Å². The summed E-state index contributed by atoms with van der Waals surface area (Å²) in [6.07, 6.45) is 7.25. The Balaban J connectivity index is 1.92. The van der Waals surface area contributed by atoms with Crippen LogP contribution in [0.2, 0.25) is 0 Å². The minimum atomic E-state index is -3.07. The zero-order valence-electron chi connectivity index (χ0n) is 11.4. The van der Waals surface area contributed by atoms with Gasteiger partial charge in [-0.1, -0.05) is 6.92 Å². The van der Waals surface area contributed by atoms with Crippen LogP contribution in [0.5, 0.6) is 5.75 Å². The van der Waals surface area contributed by atoms with E-state index in [0.717, 1.165) is 30.6 Å². The lowest BCUT2D eigenvalue weighted by Gasteiger charge is -2.30. The third kappa shape index (κ3) is 3.91. The number of aryl methyl sites for hydroxylation is 1. The van der Waals surface area contributed by atoms with Crippen LogP contribution in [0.25, 0.3) is 0 Å². The van der Waals surface area contributed by atoms with Crippen LogP contribution in [-0.4, -0.2) is 43.2 Å². The fourth-order valence-electron chi connectivity index (χ4n) is 2.20. The number of ether oxygens (including phenoxy) is 1. The van der Waals surface area contributed by atoms with Gasteiger partial charge in [-0.2, -0.15) is 0 Å². The molecule has 1 aromatic heterocycles. The van der Waals surface area contributed by atoms with E-state index >= 15 is 0 Å². The second-order valence-electron chi connectivity index (χ2n) is 4.86. The average Bonchev–Trinajstić information content (AvgIpc) is 2.38. The van der Waals surface area contributed by atoms with Crippen molar-refractivity contribution < 1.29 is 13.2 Å². The van der Waals surface area contributed by atoms with Crippen molar-refractivity contribution in [3.05, 3.63) is 24.0 Å². The smallest absolute Gasteiger partial charge is 0.211 e. The molecule has 6 heteroatoms. The first kappa shape index (κ1) is 14.3. The molecule has 0 aliphatic carbocycles. The quantitative estimate of drug-likeness (QED) is 0.839. The summed E-state index contributed by atoms with van der Waals surface area (Å²) in [4.78, 5) is 4.14. The zero-order valence-corrected chi connectivity index (χ0v) is 12.2. The molecule has 106 valence electrons. The van der Waals surface area contributed by atoms with Gasteiger partial charge in [-0.05, 0) is 30.9 Å². The fraction of sp³-hybridized carbons (Fsp3) is 0.615. The van der Waals surface area contributed by atoms with Gasteiger partial charge in [0.1, 0.15) is 11.9 Å². The lowest BCUT2D eigenvalue weighted by molar-refractivity contribution is 0.135. The van der Waals surface area contributed by atoms with Gasteiger partial charge in [0.2, 0.25) is 10.0 Å². The van der Waals surface area contributed by atoms with Gasteiger partial charge in [0.15, 0.2) is 0 Å². The predicted octanol–water partition coefficient (Wildman–Crippen LogP) is 1.45. The van der Waals surface area contributed by atoms with Crippen molar-refractivity contribution in [3.63, 3.8) is 0 Å². The second-order valence-corrected chi connectivity index (χ2v) is 6.84. The summed E-state index contributed by atoms with van der Waals surface area (Å²) >= 11 is 0. The van der Waals surface area contributed by atoms with Gasteiger partial charge in [0.25, 0.3) is 0 Å². The van der Waals surface area contributed by atoms with Crippen LogP contribution in [0, 0.1) is 0 Å². The number of rotatable bonds is 4. The highest BCUT2D eigenvalue weighted by Crippen LogP contribution is 2.20. The molecule has 0 aromatic carbocycles. The van der Waals surface area contributed by atoms with E-state index in [1.165, 1.54) is 10.6 Å². The molecule has 0 atom stereocenters. The summed E-state index contributed by atoms with van der Waals surface area (Å²) < 4.78 is 30.2. The van der Waals surface area contributed by atoms with Gasteiger partial charge in [-0.3, -0.25) is 4.98 Å². The van der Waals surface area contributed by atoms with Crippen LogP contribution in [0.1, 0.15) is 25.3 Å². The summed E-state index contributed by atoms with van der Waals surface area (Å²) in [7, 11) is -3.07. The maximum Gasteiger partial charge on any atom is 0.211 e. The van der Waals surface area contributed by atoms with Gasteiger partial charge in [0.05, 0.1) is 12.5 Å². The maximum absolute atomic E-state index is 11.4. The Bertz CT molecular complexity index is 522. The van der Waals surface area contributed by atoms with E-state index in [4.69, 9.17) is 4.74 Å². The SMILES string of the molecule is CCc1cncc(OC2CCN(S(C)(=O)=O)CC2)c1. The molecule has 0 unspecified atom stereocenters. The maximum atomic E-state index is 11.4. The molecule has 0 spiro atoms. The number of hydrogen-bond donors (Lipinski definition) is 0. The van der Waals surface area contributed by atoms with Crippen LogP contribution in [-0.2, 0) is 16.4 Å². The number of sulfonamides is 1. The highest BCUT2D eigenvalue weighted by molar-refractivity contribution is 7.88. The first-order chi connectivity index (χ1) is 8.99. The molecular formula is C13H20N2O3S. The lowest BCUT2D eigenvalue weighted by Crippen LogP contribution is -2.41. The minimum Gasteiger partial charge on any atom is -0.489 e. The Hall–Kier alpha value is -1.14. The standard InChI is InChI=1S/C13H20N2O3S/c1-3-11-8-13(10-14-9-11)18-12-4-6-15(7-5-12)19(2,16)17/h8-10,12H,3-7H2,1-2H3. The van der Waals surface area contributed by atoms with E-state index in [1.54, 1.807) is 6.20 Å². The molecule has 1 aliphatic heterocycles. The summed E-state index contributed by atoms with van der Waals surface area (Å²) in [6.45, 7) is 3.14. The van der Waals surface area contributed by atoms with Crippen LogP contribution >= 0.6 is 0 Å². The summed E-state index contributed by atoms with van der Waals surface area (Å²) in [5.74, 6) is 0.775. The van der Waals surface area contributed by atoms with Gasteiger partial charge < -0.3 is 4.74 Å². The van der Waals surface area contributed by atoms with Gasteiger partial charge in [-0.25, -0.2) is 12.7 Å².